The van der Waals surface area contributed by atoms with Gasteiger partial charge in [0.25, 0.3) is 5.91 Å². The molecule has 1 amide bonds. The monoisotopic (exact) mass is 375 g/mol. The van der Waals surface area contributed by atoms with Gasteiger partial charge in [0.05, 0.1) is 22.6 Å². The zero-order valence-electron chi connectivity index (χ0n) is 14.6. The number of nitrogens with one attached hydrogen (secondary N) is 1. The fourth-order valence-corrected chi connectivity index (χ4v) is 4.79. The Morgan fingerprint density at radius 2 is 1.92 bits per heavy atom. The minimum atomic E-state index is -4.12. The van der Waals surface area contributed by atoms with E-state index in [2.05, 4.69) is 4.72 Å². The lowest BCUT2D eigenvalue weighted by Gasteiger charge is -2.23. The van der Waals surface area contributed by atoms with Gasteiger partial charge < -0.3 is 14.8 Å². The quantitative estimate of drug-likeness (QED) is 0.806. The van der Waals surface area contributed by atoms with Gasteiger partial charge in [-0.05, 0) is 31.0 Å². The highest BCUT2D eigenvalue weighted by Crippen LogP contribution is 2.39. The summed E-state index contributed by atoms with van der Waals surface area (Å²) in [4.78, 5) is 25.3. The number of hydrogen-bond donors (Lipinski definition) is 1. The average molecular weight is 375 g/mol. The molecule has 0 spiro atoms. The predicted molar refractivity (Wildman–Crippen MR) is 95.3 cm³/mol. The molecule has 1 aliphatic heterocycles. The second kappa shape index (κ2) is 6.37. The summed E-state index contributed by atoms with van der Waals surface area (Å²) in [6.45, 7) is 5.49. The third kappa shape index (κ3) is 2.75. The minimum absolute atomic E-state index is 0.0595. The van der Waals surface area contributed by atoms with Crippen molar-refractivity contribution >= 4 is 38.4 Å². The molecule has 0 aliphatic carbocycles. The van der Waals surface area contributed by atoms with Crippen LogP contribution in [0, 0.1) is 5.92 Å². The van der Waals surface area contributed by atoms with E-state index in [1.54, 1.807) is 43.0 Å². The molecule has 0 fully saturated rings. The molecule has 0 aromatic heterocycles. The number of rotatable bonds is 6. The van der Waals surface area contributed by atoms with Crippen molar-refractivity contribution in [1.29, 1.82) is 0 Å². The first-order chi connectivity index (χ1) is 12.2. The van der Waals surface area contributed by atoms with Crippen LogP contribution in [0.15, 0.2) is 35.2 Å². The van der Waals surface area contributed by atoms with E-state index in [4.69, 9.17) is 0 Å². The lowest BCUT2D eigenvalue weighted by atomic mass is 10.1. The van der Waals surface area contributed by atoms with Crippen LogP contribution in [0.5, 0.6) is 0 Å². The van der Waals surface area contributed by atoms with E-state index in [0.29, 0.717) is 28.6 Å². The molecule has 3 rings (SSSR count). The summed E-state index contributed by atoms with van der Waals surface area (Å²) in [5.74, 6) is -2.14. The molecule has 2 aromatic rings. The van der Waals surface area contributed by atoms with Crippen molar-refractivity contribution in [3.8, 4) is 0 Å². The summed E-state index contributed by atoms with van der Waals surface area (Å²) in [7, 11) is -4.12. The van der Waals surface area contributed by atoms with Crippen molar-refractivity contribution < 1.29 is 23.1 Å². The third-order valence-corrected chi connectivity index (χ3v) is 6.05. The Labute approximate surface area is 151 Å². The van der Waals surface area contributed by atoms with Crippen LogP contribution in [0.2, 0.25) is 0 Å². The molecule has 0 saturated heterocycles. The number of carbonyl (C=O) groups is 2. The van der Waals surface area contributed by atoms with E-state index in [1.807, 2.05) is 6.92 Å². The summed E-state index contributed by atoms with van der Waals surface area (Å²) in [5, 5.41) is 12.2. The van der Waals surface area contributed by atoms with E-state index in [1.165, 1.54) is 6.07 Å². The molecule has 1 aliphatic rings. The molecule has 2 aromatic carbocycles. The molecule has 0 unspecified atom stereocenters. The first-order valence-electron chi connectivity index (χ1n) is 8.29. The van der Waals surface area contributed by atoms with Crippen LogP contribution in [0.4, 0.5) is 5.69 Å². The molecule has 8 heteroatoms. The number of aliphatic carboxylic acids is 1. The van der Waals surface area contributed by atoms with Gasteiger partial charge in [-0.3, -0.25) is 4.79 Å². The number of carboxylic acids is 1. The number of amides is 1. The van der Waals surface area contributed by atoms with Gasteiger partial charge in [-0.2, -0.15) is 0 Å². The number of benzene rings is 2. The molecular formula is C18H19N2O5S-. The Morgan fingerprint density at radius 1 is 1.23 bits per heavy atom. The van der Waals surface area contributed by atoms with Crippen LogP contribution < -0.4 is 14.7 Å². The van der Waals surface area contributed by atoms with Crippen LogP contribution >= 0.6 is 0 Å². The number of carboxylic acid groups (broad SMARTS) is 1. The number of carbonyl (C=O) groups excluding carboxylic acids is 2. The van der Waals surface area contributed by atoms with Crippen molar-refractivity contribution in [2.24, 2.45) is 5.92 Å². The molecule has 7 nitrogen and oxygen atoms in total. The summed E-state index contributed by atoms with van der Waals surface area (Å²) in [6.07, 6.45) is 0. The van der Waals surface area contributed by atoms with Gasteiger partial charge in [-0.1, -0.05) is 26.0 Å². The Bertz CT molecular complexity index is 1010. The van der Waals surface area contributed by atoms with Crippen LogP contribution in [-0.2, 0) is 14.8 Å². The first-order valence-corrected chi connectivity index (χ1v) is 9.78. The number of hydrogen-bond acceptors (Lipinski definition) is 5. The van der Waals surface area contributed by atoms with Crippen molar-refractivity contribution in [1.82, 2.24) is 4.72 Å². The molecule has 138 valence electrons. The maximum absolute atomic E-state index is 12.8. The van der Waals surface area contributed by atoms with Crippen molar-refractivity contribution in [2.75, 3.05) is 11.4 Å². The predicted octanol–water partition coefficient (Wildman–Crippen LogP) is 0.873. The highest BCUT2D eigenvalue weighted by atomic mass is 32.2. The normalized spacial score (nSPS) is 15.1. The summed E-state index contributed by atoms with van der Waals surface area (Å²) in [5.41, 5.74) is 1.10. The number of nitrogens with zero attached hydrogens (tertiary/aromatic N) is 1. The lowest BCUT2D eigenvalue weighted by molar-refractivity contribution is -0.309. The van der Waals surface area contributed by atoms with Crippen molar-refractivity contribution in [2.45, 2.75) is 31.7 Å². The molecular weight excluding hydrogens is 356 g/mol. The second-order valence-corrected chi connectivity index (χ2v) is 8.20. The average Bonchev–Trinajstić information content (AvgIpc) is 2.86. The lowest BCUT2D eigenvalue weighted by Crippen LogP contribution is -2.50. The standard InChI is InChI=1S/C18H20N2O5S/c1-4-20-13-8-9-14(11-6-5-7-12(15(11)13)17(20)21)26(24,25)19-16(10(2)3)18(22)23/h5-10,16,19H,4H2,1-3H3,(H,22,23)/p-1/t16-/m1/s1. The highest BCUT2D eigenvalue weighted by molar-refractivity contribution is 7.89. The van der Waals surface area contributed by atoms with Crippen molar-refractivity contribution in [3.05, 3.63) is 35.9 Å². The highest BCUT2D eigenvalue weighted by Gasteiger charge is 2.32. The van der Waals surface area contributed by atoms with Gasteiger partial charge in [0.15, 0.2) is 0 Å². The van der Waals surface area contributed by atoms with Gasteiger partial charge in [0.1, 0.15) is 0 Å². The van der Waals surface area contributed by atoms with Crippen LogP contribution in [0.25, 0.3) is 10.8 Å². The largest absolute Gasteiger partial charge is 0.548 e. The smallest absolute Gasteiger partial charge is 0.258 e. The maximum atomic E-state index is 12.8. The molecule has 26 heavy (non-hydrogen) atoms. The van der Waals surface area contributed by atoms with E-state index in [9.17, 15) is 23.1 Å². The topological polar surface area (TPSA) is 107 Å². The SMILES string of the molecule is CCN1C(=O)c2cccc3c(S(=O)(=O)N[C@@H](C(=O)[O-])C(C)C)ccc1c23. The Balaban J connectivity index is 2.18. The van der Waals surface area contributed by atoms with Crippen LogP contribution in [0.1, 0.15) is 31.1 Å². The Morgan fingerprint density at radius 3 is 2.50 bits per heavy atom. The van der Waals surface area contributed by atoms with E-state index < -0.39 is 28.0 Å². The molecule has 1 heterocycles. The zero-order valence-corrected chi connectivity index (χ0v) is 15.5. The van der Waals surface area contributed by atoms with E-state index in [-0.39, 0.29) is 10.8 Å². The fourth-order valence-electron chi connectivity index (χ4n) is 3.25. The fraction of sp³-hybridized carbons (Fsp3) is 0.333. The Hall–Kier alpha value is -2.45. The van der Waals surface area contributed by atoms with Crippen molar-refractivity contribution in [3.63, 3.8) is 0 Å². The van der Waals surface area contributed by atoms with Gasteiger partial charge in [-0.25, -0.2) is 13.1 Å². The number of anilines is 1. The van der Waals surface area contributed by atoms with Crippen LogP contribution in [0.3, 0.4) is 0 Å². The Kier molecular flexibility index (Phi) is 4.49. The summed E-state index contributed by atoms with van der Waals surface area (Å²) in [6, 6.07) is 6.53. The van der Waals surface area contributed by atoms with Gasteiger partial charge in [0.2, 0.25) is 10.0 Å². The molecule has 1 N–H and O–H groups in total. The molecule has 1 atom stereocenters. The number of sulfonamides is 1. The molecule has 0 bridgehead atoms. The van der Waals surface area contributed by atoms with E-state index in [0.717, 1.165) is 0 Å². The maximum Gasteiger partial charge on any atom is 0.258 e. The van der Waals surface area contributed by atoms with Crippen LogP contribution in [-0.4, -0.2) is 32.9 Å². The first kappa shape index (κ1) is 18.3. The minimum Gasteiger partial charge on any atom is -0.548 e. The van der Waals surface area contributed by atoms with Gasteiger partial charge in [0, 0.05) is 22.9 Å². The van der Waals surface area contributed by atoms with Gasteiger partial charge in [-0.15, -0.1) is 0 Å². The van der Waals surface area contributed by atoms with E-state index >= 15 is 0 Å². The van der Waals surface area contributed by atoms with Gasteiger partial charge >= 0.3 is 0 Å². The summed E-state index contributed by atoms with van der Waals surface area (Å²) < 4.78 is 27.9. The second-order valence-electron chi connectivity index (χ2n) is 6.52. The third-order valence-electron chi connectivity index (χ3n) is 4.55. The molecule has 0 saturated carbocycles. The summed E-state index contributed by atoms with van der Waals surface area (Å²) >= 11 is 0. The zero-order chi connectivity index (χ0) is 19.2. The molecule has 0 radical (unpaired) electrons.